The van der Waals surface area contributed by atoms with Crippen LogP contribution in [0.1, 0.15) is 271 Å². The first-order valence-corrected chi connectivity index (χ1v) is 32.7. The average Bonchev–Trinajstić information content (AvgIpc) is 3.46. The van der Waals surface area contributed by atoms with E-state index in [0.29, 0.717) is 12.8 Å². The zero-order valence-corrected chi connectivity index (χ0v) is 51.5. The smallest absolute Gasteiger partial charge is 0.306 e. The number of unbranched alkanes of at least 4 members (excludes halogenated alkanes) is 22. The summed E-state index contributed by atoms with van der Waals surface area (Å²) >= 11 is 0. The van der Waals surface area contributed by atoms with Crippen molar-refractivity contribution in [2.45, 2.75) is 277 Å². The van der Waals surface area contributed by atoms with Crippen molar-refractivity contribution in [1.29, 1.82) is 0 Å². The zero-order chi connectivity index (χ0) is 57.6. The fourth-order valence-corrected chi connectivity index (χ4v) is 8.69. The first kappa shape index (κ1) is 75.3. The minimum atomic E-state index is -0.788. The quantitative estimate of drug-likeness (QED) is 0.0373. The number of esters is 2. The number of allylic oxidation sites excluding steroid dienone is 28. The highest BCUT2D eigenvalue weighted by atomic mass is 16.6. The van der Waals surface area contributed by atoms with Gasteiger partial charge >= 0.3 is 11.9 Å². The van der Waals surface area contributed by atoms with Gasteiger partial charge in [-0.2, -0.15) is 0 Å². The van der Waals surface area contributed by atoms with Crippen molar-refractivity contribution in [2.24, 2.45) is 0 Å². The fraction of sp³-hybridized carbons (Fsp3) is 0.600. The Morgan fingerprint density at radius 2 is 0.500 bits per heavy atom. The maximum absolute atomic E-state index is 12.4. The van der Waals surface area contributed by atoms with Gasteiger partial charge in [-0.25, -0.2) is 0 Å². The van der Waals surface area contributed by atoms with Crippen LogP contribution in [0.5, 0.6) is 0 Å². The summed E-state index contributed by atoms with van der Waals surface area (Å²) in [5.41, 5.74) is 0. The molecule has 0 heterocycles. The molecule has 0 aliphatic heterocycles. The number of carbonyl (C=O) groups excluding carboxylic acids is 2. The predicted molar refractivity (Wildman–Crippen MR) is 352 cm³/mol. The van der Waals surface area contributed by atoms with Gasteiger partial charge in [-0.1, -0.05) is 300 Å². The third-order valence-electron chi connectivity index (χ3n) is 13.5. The molecule has 0 rings (SSSR count). The van der Waals surface area contributed by atoms with Crippen LogP contribution in [0.3, 0.4) is 0 Å². The Bertz CT molecular complexity index is 1770. The molecule has 0 aromatic rings. The van der Waals surface area contributed by atoms with Crippen molar-refractivity contribution in [2.75, 3.05) is 13.2 Å². The van der Waals surface area contributed by atoms with Gasteiger partial charge in [0.2, 0.25) is 0 Å². The maximum Gasteiger partial charge on any atom is 0.306 e. The van der Waals surface area contributed by atoms with Gasteiger partial charge in [0.05, 0.1) is 6.61 Å². The first-order valence-electron chi connectivity index (χ1n) is 32.7. The summed E-state index contributed by atoms with van der Waals surface area (Å²) in [7, 11) is 0. The molecule has 0 bridgehead atoms. The fourth-order valence-electron chi connectivity index (χ4n) is 8.69. The molecule has 0 radical (unpaired) electrons. The minimum absolute atomic E-state index is 0.0778. The molecule has 5 nitrogen and oxygen atoms in total. The van der Waals surface area contributed by atoms with E-state index in [1.807, 2.05) is 0 Å². The highest BCUT2D eigenvalue weighted by Gasteiger charge is 2.16. The highest BCUT2D eigenvalue weighted by Crippen LogP contribution is 2.16. The van der Waals surface area contributed by atoms with Crippen LogP contribution in [-0.4, -0.2) is 36.4 Å². The van der Waals surface area contributed by atoms with Crippen molar-refractivity contribution in [1.82, 2.24) is 0 Å². The number of ether oxygens (including phenoxy) is 2. The molecule has 0 aromatic heterocycles. The molecular formula is C75H120O5. The summed E-state index contributed by atoms with van der Waals surface area (Å²) in [5.74, 6) is -0.604. The lowest BCUT2D eigenvalue weighted by Gasteiger charge is -2.15. The van der Waals surface area contributed by atoms with Crippen LogP contribution in [-0.2, 0) is 19.1 Å². The number of rotatable bonds is 58. The van der Waals surface area contributed by atoms with Crippen LogP contribution < -0.4 is 0 Å². The summed E-state index contributed by atoms with van der Waals surface area (Å²) < 4.78 is 10.7. The number of aliphatic hydroxyl groups excluding tert-OH is 1. The summed E-state index contributed by atoms with van der Waals surface area (Å²) in [6.45, 7) is 3.91. The monoisotopic (exact) mass is 1100 g/mol. The van der Waals surface area contributed by atoms with Crippen LogP contribution >= 0.6 is 0 Å². The summed E-state index contributed by atoms with van der Waals surface area (Å²) in [4.78, 5) is 24.6. The number of hydrogen-bond acceptors (Lipinski definition) is 5. The second kappa shape index (κ2) is 68.5. The Morgan fingerprint density at radius 1 is 0.287 bits per heavy atom. The molecule has 0 saturated heterocycles. The molecule has 0 aliphatic rings. The number of hydrogen-bond donors (Lipinski definition) is 1. The average molecular weight is 1100 g/mol. The van der Waals surface area contributed by atoms with Crippen molar-refractivity contribution in [3.8, 4) is 0 Å². The van der Waals surface area contributed by atoms with Crippen LogP contribution in [0.15, 0.2) is 170 Å². The number of aliphatic hydroxyl groups is 1. The normalized spacial score (nSPS) is 13.4. The summed E-state index contributed by atoms with van der Waals surface area (Å²) in [5, 5.41) is 9.69. The summed E-state index contributed by atoms with van der Waals surface area (Å²) in [6, 6.07) is 0. The molecule has 450 valence electrons. The Kier molecular flexibility index (Phi) is 64.5. The lowest BCUT2D eigenvalue weighted by atomic mass is 10.0. The van der Waals surface area contributed by atoms with E-state index in [-0.39, 0.29) is 25.2 Å². The molecule has 0 spiro atoms. The largest absolute Gasteiger partial charge is 0.462 e. The van der Waals surface area contributed by atoms with Crippen LogP contribution in [0.25, 0.3) is 0 Å². The third kappa shape index (κ3) is 65.8. The molecule has 0 amide bonds. The molecule has 0 fully saturated rings. The molecular weight excluding hydrogens is 981 g/mol. The molecule has 1 unspecified atom stereocenters. The SMILES string of the molecule is CC/C=C\C/C=C\C/C=C\C/C=C\C/C=C\C/C=C\C/C=C\C/C=C\C/C=C\CCCCCCCCCCCCCCCC(=O)OC(CO)COC(=O)CCCCCCCCCCC/C=C\C/C=C\C/C=C\C/C=C\C/C=C\CC. The van der Waals surface area contributed by atoms with E-state index in [1.165, 1.54) is 116 Å². The minimum Gasteiger partial charge on any atom is -0.462 e. The Morgan fingerprint density at radius 3 is 0.750 bits per heavy atom. The van der Waals surface area contributed by atoms with E-state index in [4.69, 9.17) is 9.47 Å². The van der Waals surface area contributed by atoms with Gasteiger partial charge < -0.3 is 14.6 Å². The molecule has 0 aliphatic carbocycles. The molecule has 1 atom stereocenters. The second-order valence-corrected chi connectivity index (χ2v) is 21.1. The van der Waals surface area contributed by atoms with Crippen LogP contribution in [0.4, 0.5) is 0 Å². The molecule has 80 heavy (non-hydrogen) atoms. The highest BCUT2D eigenvalue weighted by molar-refractivity contribution is 5.70. The lowest BCUT2D eigenvalue weighted by molar-refractivity contribution is -0.161. The van der Waals surface area contributed by atoms with Gasteiger partial charge in [0.1, 0.15) is 6.61 Å². The van der Waals surface area contributed by atoms with E-state index in [1.54, 1.807) is 0 Å². The Balaban J connectivity index is 3.56. The van der Waals surface area contributed by atoms with Gasteiger partial charge in [0.15, 0.2) is 6.10 Å². The third-order valence-corrected chi connectivity index (χ3v) is 13.5. The predicted octanol–water partition coefficient (Wildman–Crippen LogP) is 22.9. The van der Waals surface area contributed by atoms with E-state index in [9.17, 15) is 14.7 Å². The Labute approximate surface area is 493 Å². The molecule has 0 aromatic carbocycles. The molecule has 0 saturated carbocycles. The van der Waals surface area contributed by atoms with Gasteiger partial charge in [0, 0.05) is 12.8 Å². The van der Waals surface area contributed by atoms with Crippen LogP contribution in [0, 0.1) is 0 Å². The Hall–Kier alpha value is -4.74. The van der Waals surface area contributed by atoms with Gasteiger partial charge in [-0.15, -0.1) is 0 Å². The van der Waals surface area contributed by atoms with E-state index < -0.39 is 6.10 Å². The van der Waals surface area contributed by atoms with Crippen molar-refractivity contribution in [3.63, 3.8) is 0 Å². The van der Waals surface area contributed by atoms with Crippen LogP contribution in [0.2, 0.25) is 0 Å². The lowest BCUT2D eigenvalue weighted by Crippen LogP contribution is -2.28. The van der Waals surface area contributed by atoms with Crippen molar-refractivity contribution in [3.05, 3.63) is 170 Å². The van der Waals surface area contributed by atoms with Crippen molar-refractivity contribution >= 4 is 11.9 Å². The van der Waals surface area contributed by atoms with Crippen molar-refractivity contribution < 1.29 is 24.2 Å². The van der Waals surface area contributed by atoms with Gasteiger partial charge in [-0.3, -0.25) is 9.59 Å². The van der Waals surface area contributed by atoms with E-state index in [0.717, 1.165) is 128 Å². The first-order chi connectivity index (χ1) is 39.6. The van der Waals surface area contributed by atoms with Gasteiger partial charge in [-0.05, 0) is 128 Å². The van der Waals surface area contributed by atoms with E-state index >= 15 is 0 Å². The molecule has 1 N–H and O–H groups in total. The second-order valence-electron chi connectivity index (χ2n) is 21.1. The maximum atomic E-state index is 12.4. The zero-order valence-electron chi connectivity index (χ0n) is 51.5. The number of carbonyl (C=O) groups is 2. The molecule has 5 heteroatoms. The van der Waals surface area contributed by atoms with E-state index in [2.05, 4.69) is 184 Å². The summed E-state index contributed by atoms with van der Waals surface area (Å²) in [6.07, 6.45) is 106. The van der Waals surface area contributed by atoms with Gasteiger partial charge in [0.25, 0.3) is 0 Å². The topological polar surface area (TPSA) is 72.8 Å². The standard InChI is InChI=1S/C75H120O5/c1-3-5-7-9-11-13-15-17-19-21-23-25-27-29-30-31-32-33-34-35-36-37-38-39-40-41-42-43-44-46-48-50-52-54-56-58-60-62-64-66-68-70-75(78)80-73(71-76)72-79-74(77)69-67-65-63-61-59-57-55-53-51-49-47-45-28-26-24-22-20-18-16-14-12-10-8-6-4-2/h5-8,11-14,17-20,23-26,29-30,32-33,35-36,38-39,41-42,45,47,73,76H,3-4,9-10,15-16,21-22,27-28,31,34,37,40,43-44,46,48-72H2,1-2H3/b7-5-,8-6-,13-11-,14-12-,19-17-,20-18-,25-23-,26-24-,30-29-,33-32-,36-35-,39-38-,42-41-,47-45-.